The average molecular weight is 303 g/mol. The largest absolute Gasteiger partial charge is 0.484 e. The van der Waals surface area contributed by atoms with Crippen LogP contribution in [0.2, 0.25) is 10.0 Å². The van der Waals surface area contributed by atoms with Gasteiger partial charge < -0.3 is 4.74 Å². The molecule has 18 heavy (non-hydrogen) atoms. The lowest BCUT2D eigenvalue weighted by atomic mass is 10.3. The summed E-state index contributed by atoms with van der Waals surface area (Å²) >= 11 is 12.9. The predicted octanol–water partition coefficient (Wildman–Crippen LogP) is 3.47. The molecule has 0 saturated heterocycles. The highest BCUT2D eigenvalue weighted by molar-refractivity contribution is 7.13. The number of halogens is 2. The first-order chi connectivity index (χ1) is 8.65. The molecule has 0 aliphatic heterocycles. The molecule has 0 bridgehead atoms. The number of rotatable bonds is 4. The standard InChI is InChI=1S/C11H8Cl2N2O2S/c12-8-2-1-7(5-9(8)13)17-6-10(16)15-11-14-3-4-18-11/h1-5H,6H2,(H,14,15,16). The lowest BCUT2D eigenvalue weighted by Crippen LogP contribution is -2.19. The van der Waals surface area contributed by atoms with Crippen molar-refractivity contribution in [2.45, 2.75) is 0 Å². The first-order valence-electron chi connectivity index (χ1n) is 4.92. The third-order valence-corrected chi connectivity index (χ3v) is 3.37. The first kappa shape index (κ1) is 13.1. The van der Waals surface area contributed by atoms with Crippen molar-refractivity contribution in [1.82, 2.24) is 4.98 Å². The van der Waals surface area contributed by atoms with E-state index in [1.165, 1.54) is 11.3 Å². The van der Waals surface area contributed by atoms with Crippen LogP contribution in [-0.2, 0) is 4.79 Å². The molecular weight excluding hydrogens is 295 g/mol. The molecule has 7 heteroatoms. The van der Waals surface area contributed by atoms with Gasteiger partial charge in [0.2, 0.25) is 0 Å². The van der Waals surface area contributed by atoms with Gasteiger partial charge in [0.05, 0.1) is 10.0 Å². The van der Waals surface area contributed by atoms with E-state index in [-0.39, 0.29) is 12.5 Å². The Morgan fingerprint density at radius 2 is 2.22 bits per heavy atom. The van der Waals surface area contributed by atoms with Crippen molar-refractivity contribution >= 4 is 45.6 Å². The number of aromatic nitrogens is 1. The Balaban J connectivity index is 1.87. The van der Waals surface area contributed by atoms with Crippen molar-refractivity contribution in [3.63, 3.8) is 0 Å². The zero-order valence-corrected chi connectivity index (χ0v) is 11.4. The number of hydrogen-bond acceptors (Lipinski definition) is 4. The van der Waals surface area contributed by atoms with Gasteiger partial charge >= 0.3 is 0 Å². The monoisotopic (exact) mass is 302 g/mol. The number of thiazole rings is 1. The Labute approximate surface area is 118 Å². The van der Waals surface area contributed by atoms with Gasteiger partial charge in [-0.2, -0.15) is 0 Å². The highest BCUT2D eigenvalue weighted by atomic mass is 35.5. The maximum Gasteiger partial charge on any atom is 0.264 e. The summed E-state index contributed by atoms with van der Waals surface area (Å²) < 4.78 is 5.27. The maximum atomic E-state index is 11.5. The Kier molecular flexibility index (Phi) is 4.41. The smallest absolute Gasteiger partial charge is 0.264 e. The van der Waals surface area contributed by atoms with E-state index in [1.54, 1.807) is 29.8 Å². The zero-order valence-electron chi connectivity index (χ0n) is 9.02. The number of anilines is 1. The van der Waals surface area contributed by atoms with Crippen LogP contribution in [0.5, 0.6) is 5.75 Å². The quantitative estimate of drug-likeness (QED) is 0.941. The van der Waals surface area contributed by atoms with E-state index >= 15 is 0 Å². The summed E-state index contributed by atoms with van der Waals surface area (Å²) in [6, 6.07) is 4.81. The van der Waals surface area contributed by atoms with Crippen molar-refractivity contribution in [3.05, 3.63) is 39.8 Å². The molecule has 1 aromatic carbocycles. The number of amides is 1. The van der Waals surface area contributed by atoms with Gasteiger partial charge in [0.1, 0.15) is 5.75 Å². The minimum atomic E-state index is -0.281. The molecule has 0 fully saturated rings. The minimum Gasteiger partial charge on any atom is -0.484 e. The predicted molar refractivity (Wildman–Crippen MR) is 72.7 cm³/mol. The summed E-state index contributed by atoms with van der Waals surface area (Å²) in [6.07, 6.45) is 1.61. The molecular formula is C11H8Cl2N2O2S. The van der Waals surface area contributed by atoms with E-state index in [9.17, 15) is 4.79 Å². The molecule has 4 nitrogen and oxygen atoms in total. The Morgan fingerprint density at radius 3 is 2.89 bits per heavy atom. The van der Waals surface area contributed by atoms with Gasteiger partial charge in [-0.15, -0.1) is 11.3 Å². The first-order valence-corrected chi connectivity index (χ1v) is 6.56. The van der Waals surface area contributed by atoms with Crippen LogP contribution >= 0.6 is 34.5 Å². The SMILES string of the molecule is O=C(COc1ccc(Cl)c(Cl)c1)Nc1nccs1. The molecule has 1 amide bonds. The molecule has 0 spiro atoms. The molecule has 0 saturated carbocycles. The van der Waals surface area contributed by atoms with Crippen LogP contribution in [0.4, 0.5) is 5.13 Å². The highest BCUT2D eigenvalue weighted by Crippen LogP contribution is 2.26. The van der Waals surface area contributed by atoms with E-state index in [4.69, 9.17) is 27.9 Å². The van der Waals surface area contributed by atoms with Gasteiger partial charge in [-0.25, -0.2) is 4.98 Å². The van der Waals surface area contributed by atoms with Gasteiger partial charge in [0.15, 0.2) is 11.7 Å². The minimum absolute atomic E-state index is 0.114. The second-order valence-corrected chi connectivity index (χ2v) is 4.96. The topological polar surface area (TPSA) is 51.2 Å². The van der Waals surface area contributed by atoms with Crippen LogP contribution in [0.15, 0.2) is 29.8 Å². The van der Waals surface area contributed by atoms with Gasteiger partial charge in [-0.05, 0) is 12.1 Å². The van der Waals surface area contributed by atoms with Crippen LogP contribution in [0.1, 0.15) is 0 Å². The second-order valence-electron chi connectivity index (χ2n) is 3.25. The molecule has 1 aromatic heterocycles. The van der Waals surface area contributed by atoms with Crippen LogP contribution in [0, 0.1) is 0 Å². The molecule has 2 rings (SSSR count). The number of nitrogens with one attached hydrogen (secondary N) is 1. The number of carbonyl (C=O) groups excluding carboxylic acids is 1. The fraction of sp³-hybridized carbons (Fsp3) is 0.0909. The van der Waals surface area contributed by atoms with Crippen molar-refractivity contribution in [3.8, 4) is 5.75 Å². The average Bonchev–Trinajstić information content (AvgIpc) is 2.83. The molecule has 0 aliphatic rings. The lowest BCUT2D eigenvalue weighted by Gasteiger charge is -2.06. The molecule has 1 N–H and O–H groups in total. The van der Waals surface area contributed by atoms with E-state index in [2.05, 4.69) is 10.3 Å². The molecule has 0 atom stereocenters. The summed E-state index contributed by atoms with van der Waals surface area (Å²) in [6.45, 7) is -0.114. The Morgan fingerprint density at radius 1 is 1.39 bits per heavy atom. The number of benzene rings is 1. The van der Waals surface area contributed by atoms with E-state index in [1.807, 2.05) is 0 Å². The van der Waals surface area contributed by atoms with Crippen LogP contribution in [0.25, 0.3) is 0 Å². The van der Waals surface area contributed by atoms with E-state index in [0.29, 0.717) is 20.9 Å². The Bertz CT molecular complexity index is 546. The fourth-order valence-corrected chi connectivity index (χ4v) is 1.99. The van der Waals surface area contributed by atoms with Crippen molar-refractivity contribution in [2.75, 3.05) is 11.9 Å². The summed E-state index contributed by atoms with van der Waals surface area (Å²) in [5.41, 5.74) is 0. The third-order valence-electron chi connectivity index (χ3n) is 1.94. The van der Waals surface area contributed by atoms with Crippen LogP contribution in [0.3, 0.4) is 0 Å². The summed E-state index contributed by atoms with van der Waals surface area (Å²) in [7, 11) is 0. The van der Waals surface area contributed by atoms with Gasteiger partial charge in [-0.3, -0.25) is 10.1 Å². The zero-order chi connectivity index (χ0) is 13.0. The third kappa shape index (κ3) is 3.60. The summed E-state index contributed by atoms with van der Waals surface area (Å²) in [5.74, 6) is 0.203. The van der Waals surface area contributed by atoms with Gasteiger partial charge in [-0.1, -0.05) is 23.2 Å². The normalized spacial score (nSPS) is 10.1. The number of hydrogen-bond donors (Lipinski definition) is 1. The van der Waals surface area contributed by atoms with Crippen molar-refractivity contribution in [2.24, 2.45) is 0 Å². The summed E-state index contributed by atoms with van der Waals surface area (Å²) in [5, 5.41) is 5.74. The van der Waals surface area contributed by atoms with E-state index < -0.39 is 0 Å². The van der Waals surface area contributed by atoms with Gasteiger partial charge in [0, 0.05) is 17.6 Å². The van der Waals surface area contributed by atoms with Crippen molar-refractivity contribution in [1.29, 1.82) is 0 Å². The molecule has 1 heterocycles. The van der Waals surface area contributed by atoms with Crippen LogP contribution < -0.4 is 10.1 Å². The Hall–Kier alpha value is -1.30. The van der Waals surface area contributed by atoms with Gasteiger partial charge in [0.25, 0.3) is 5.91 Å². The van der Waals surface area contributed by atoms with Crippen molar-refractivity contribution < 1.29 is 9.53 Å². The molecule has 0 unspecified atom stereocenters. The number of nitrogens with zero attached hydrogens (tertiary/aromatic N) is 1. The lowest BCUT2D eigenvalue weighted by molar-refractivity contribution is -0.118. The molecule has 94 valence electrons. The molecule has 0 radical (unpaired) electrons. The molecule has 2 aromatic rings. The second kappa shape index (κ2) is 6.04. The molecule has 0 aliphatic carbocycles. The summed E-state index contributed by atoms with van der Waals surface area (Å²) in [4.78, 5) is 15.4. The fourth-order valence-electron chi connectivity index (χ4n) is 1.16. The maximum absolute atomic E-state index is 11.5. The van der Waals surface area contributed by atoms with E-state index in [0.717, 1.165) is 0 Å². The number of ether oxygens (including phenoxy) is 1. The number of carbonyl (C=O) groups is 1. The highest BCUT2D eigenvalue weighted by Gasteiger charge is 2.06. The van der Waals surface area contributed by atoms with Crippen LogP contribution in [-0.4, -0.2) is 17.5 Å².